The van der Waals surface area contributed by atoms with Crippen LogP contribution in [0.4, 0.5) is 15.8 Å². The van der Waals surface area contributed by atoms with Gasteiger partial charge in [0.05, 0.1) is 18.5 Å². The number of anilines is 2. The van der Waals surface area contributed by atoms with E-state index in [4.69, 9.17) is 16.2 Å². The predicted octanol–water partition coefficient (Wildman–Crippen LogP) is 3.81. The molecular formula is C26H28FN5O4S. The Labute approximate surface area is 217 Å². The Balaban J connectivity index is 1.85. The van der Waals surface area contributed by atoms with Gasteiger partial charge in [0.25, 0.3) is 11.8 Å². The third-order valence-corrected chi connectivity index (χ3v) is 7.23. The van der Waals surface area contributed by atoms with Crippen molar-refractivity contribution in [1.29, 1.82) is 0 Å². The molecule has 3 amide bonds. The number of methoxy groups -OCH3 is 1. The second-order valence-corrected chi connectivity index (χ2v) is 9.56. The Morgan fingerprint density at radius 1 is 1.11 bits per heavy atom. The summed E-state index contributed by atoms with van der Waals surface area (Å²) >= 11 is 0.666. The Kier molecular flexibility index (Phi) is 8.02. The third kappa shape index (κ3) is 5.56. The molecule has 2 aromatic carbocycles. The van der Waals surface area contributed by atoms with Crippen LogP contribution >= 0.6 is 11.5 Å². The SMILES string of the molecule is COc1ccc(C(C(=O)NC2CCCCC2)N(C(=O)c2snc(C(N)=O)c2N)c2ccccc2F)cc1. The second-order valence-electron chi connectivity index (χ2n) is 8.78. The number of carbonyl (C=O) groups excluding carboxylic acids is 3. The molecule has 1 unspecified atom stereocenters. The van der Waals surface area contributed by atoms with Gasteiger partial charge in [0.2, 0.25) is 5.91 Å². The standard InChI is InChI=1S/C26H28FN5O4S/c1-36-17-13-11-15(12-14-17)22(25(34)30-16-7-3-2-4-8-16)32(19-10-6-5-9-18(19)27)26(35)23-20(28)21(24(29)33)31-37-23/h5-6,9-14,16,22H,2-4,7-8,28H2,1H3,(H2,29,33)(H,30,34). The van der Waals surface area contributed by atoms with Gasteiger partial charge in [-0.15, -0.1) is 0 Å². The zero-order valence-electron chi connectivity index (χ0n) is 20.3. The van der Waals surface area contributed by atoms with Gasteiger partial charge >= 0.3 is 0 Å². The third-order valence-electron chi connectivity index (χ3n) is 6.38. The number of nitrogens with one attached hydrogen (secondary N) is 1. The summed E-state index contributed by atoms with van der Waals surface area (Å²) in [5, 5.41) is 3.06. The molecule has 1 aromatic heterocycles. The molecule has 11 heteroatoms. The van der Waals surface area contributed by atoms with Crippen LogP contribution in [0, 0.1) is 5.82 Å². The van der Waals surface area contributed by atoms with Gasteiger partial charge in [-0.05, 0) is 54.2 Å². The minimum absolute atomic E-state index is 0.0606. The number of hydrogen-bond donors (Lipinski definition) is 3. The van der Waals surface area contributed by atoms with Crippen molar-refractivity contribution in [1.82, 2.24) is 9.69 Å². The zero-order chi connectivity index (χ0) is 26.5. The average molecular weight is 526 g/mol. The lowest BCUT2D eigenvalue weighted by Crippen LogP contribution is -2.47. The monoisotopic (exact) mass is 525 g/mol. The number of nitrogen functional groups attached to an aromatic ring is 1. The molecular weight excluding hydrogens is 497 g/mol. The average Bonchev–Trinajstić information content (AvgIpc) is 3.29. The molecule has 3 aromatic rings. The molecule has 0 bridgehead atoms. The van der Waals surface area contributed by atoms with Crippen molar-refractivity contribution in [2.45, 2.75) is 44.2 Å². The van der Waals surface area contributed by atoms with Crippen LogP contribution in [-0.4, -0.2) is 35.2 Å². The van der Waals surface area contributed by atoms with Gasteiger partial charge < -0.3 is 21.5 Å². The van der Waals surface area contributed by atoms with E-state index in [1.165, 1.54) is 25.3 Å². The van der Waals surface area contributed by atoms with Crippen LogP contribution in [-0.2, 0) is 4.79 Å². The van der Waals surface area contributed by atoms with E-state index in [1.54, 1.807) is 30.3 Å². The quantitative estimate of drug-likeness (QED) is 0.408. The highest BCUT2D eigenvalue weighted by atomic mass is 32.1. The minimum atomic E-state index is -1.25. The number of carbonyl (C=O) groups is 3. The van der Waals surface area contributed by atoms with Crippen LogP contribution in [0.3, 0.4) is 0 Å². The van der Waals surface area contributed by atoms with Gasteiger partial charge in [0.1, 0.15) is 22.5 Å². The van der Waals surface area contributed by atoms with Gasteiger partial charge in [-0.25, -0.2) is 4.39 Å². The first kappa shape index (κ1) is 26.1. The van der Waals surface area contributed by atoms with E-state index in [0.29, 0.717) is 22.8 Å². The normalized spacial score (nSPS) is 14.5. The van der Waals surface area contributed by atoms with E-state index in [-0.39, 0.29) is 28.0 Å². The Bertz CT molecular complexity index is 1290. The first-order chi connectivity index (χ1) is 17.8. The highest BCUT2D eigenvalue weighted by Gasteiger charge is 2.38. The van der Waals surface area contributed by atoms with Crippen molar-refractivity contribution in [3.8, 4) is 5.75 Å². The molecule has 4 rings (SSSR count). The zero-order valence-corrected chi connectivity index (χ0v) is 21.1. The van der Waals surface area contributed by atoms with E-state index in [1.807, 2.05) is 0 Å². The Hall–Kier alpha value is -3.99. The van der Waals surface area contributed by atoms with E-state index in [0.717, 1.165) is 37.0 Å². The fourth-order valence-electron chi connectivity index (χ4n) is 4.48. The molecule has 1 atom stereocenters. The molecule has 0 radical (unpaired) electrons. The second kappa shape index (κ2) is 11.4. The topological polar surface area (TPSA) is 141 Å². The van der Waals surface area contributed by atoms with Crippen LogP contribution in [0.1, 0.15) is 63.9 Å². The molecule has 1 heterocycles. The summed E-state index contributed by atoms with van der Waals surface area (Å²) in [6.07, 6.45) is 4.71. The molecule has 0 aliphatic heterocycles. The molecule has 1 saturated carbocycles. The summed E-state index contributed by atoms with van der Waals surface area (Å²) in [7, 11) is 1.51. The van der Waals surface area contributed by atoms with Gasteiger partial charge in [0, 0.05) is 6.04 Å². The minimum Gasteiger partial charge on any atom is -0.497 e. The van der Waals surface area contributed by atoms with E-state index in [2.05, 4.69) is 9.69 Å². The summed E-state index contributed by atoms with van der Waals surface area (Å²) in [5.74, 6) is -2.30. The lowest BCUT2D eigenvalue weighted by atomic mass is 9.94. The molecule has 37 heavy (non-hydrogen) atoms. The number of hydrogen-bond acceptors (Lipinski definition) is 7. The molecule has 9 nitrogen and oxygen atoms in total. The van der Waals surface area contributed by atoms with Gasteiger partial charge in [-0.2, -0.15) is 4.37 Å². The van der Waals surface area contributed by atoms with Crippen molar-refractivity contribution in [2.75, 3.05) is 17.7 Å². The van der Waals surface area contributed by atoms with Crippen LogP contribution in [0.2, 0.25) is 0 Å². The molecule has 0 spiro atoms. The van der Waals surface area contributed by atoms with Crippen molar-refractivity contribution < 1.29 is 23.5 Å². The number of ether oxygens (including phenoxy) is 1. The number of rotatable bonds is 8. The Morgan fingerprint density at radius 3 is 2.38 bits per heavy atom. The van der Waals surface area contributed by atoms with Crippen molar-refractivity contribution >= 4 is 40.6 Å². The predicted molar refractivity (Wildman–Crippen MR) is 139 cm³/mol. The number of nitrogens with two attached hydrogens (primary N) is 2. The molecule has 1 aliphatic carbocycles. The van der Waals surface area contributed by atoms with Crippen LogP contribution < -0.4 is 26.4 Å². The first-order valence-electron chi connectivity index (χ1n) is 11.9. The lowest BCUT2D eigenvalue weighted by Gasteiger charge is -2.33. The summed E-state index contributed by atoms with van der Waals surface area (Å²) < 4.78 is 24.4. The summed E-state index contributed by atoms with van der Waals surface area (Å²) in [5.41, 5.74) is 11.2. The maximum Gasteiger partial charge on any atom is 0.273 e. The maximum absolute atomic E-state index is 15.2. The highest BCUT2D eigenvalue weighted by molar-refractivity contribution is 7.09. The van der Waals surface area contributed by atoms with E-state index < -0.39 is 29.6 Å². The molecule has 0 saturated heterocycles. The number of para-hydroxylation sites is 1. The van der Waals surface area contributed by atoms with Gasteiger partial charge in [0.15, 0.2) is 5.69 Å². The molecule has 5 N–H and O–H groups in total. The molecule has 1 aliphatic rings. The van der Waals surface area contributed by atoms with Crippen molar-refractivity contribution in [3.63, 3.8) is 0 Å². The molecule has 194 valence electrons. The number of aromatic nitrogens is 1. The fourth-order valence-corrected chi connectivity index (χ4v) is 5.22. The lowest BCUT2D eigenvalue weighted by molar-refractivity contribution is -0.123. The first-order valence-corrected chi connectivity index (χ1v) is 12.7. The smallest absolute Gasteiger partial charge is 0.273 e. The number of primary amides is 1. The summed E-state index contributed by atoms with van der Waals surface area (Å²) in [6.45, 7) is 0. The van der Waals surface area contributed by atoms with Crippen LogP contribution in [0.25, 0.3) is 0 Å². The van der Waals surface area contributed by atoms with E-state index in [9.17, 15) is 14.4 Å². The number of benzene rings is 2. The molecule has 1 fully saturated rings. The fraction of sp³-hybridized carbons (Fsp3) is 0.308. The number of nitrogens with zero attached hydrogens (tertiary/aromatic N) is 2. The van der Waals surface area contributed by atoms with Gasteiger partial charge in [-0.3, -0.25) is 19.3 Å². The summed E-state index contributed by atoms with van der Waals surface area (Å²) in [4.78, 5) is 40.5. The van der Waals surface area contributed by atoms with Crippen molar-refractivity contribution in [3.05, 3.63) is 70.5 Å². The summed E-state index contributed by atoms with van der Waals surface area (Å²) in [6, 6.07) is 11.0. The highest BCUT2D eigenvalue weighted by Crippen LogP contribution is 2.35. The number of halogens is 1. The van der Waals surface area contributed by atoms with Crippen LogP contribution in [0.5, 0.6) is 5.75 Å². The van der Waals surface area contributed by atoms with Gasteiger partial charge in [-0.1, -0.05) is 43.5 Å². The maximum atomic E-state index is 15.2. The van der Waals surface area contributed by atoms with E-state index >= 15 is 4.39 Å². The number of amides is 3. The largest absolute Gasteiger partial charge is 0.497 e. The Morgan fingerprint density at radius 2 is 1.78 bits per heavy atom. The van der Waals surface area contributed by atoms with Crippen molar-refractivity contribution in [2.24, 2.45) is 5.73 Å². The van der Waals surface area contributed by atoms with Crippen LogP contribution in [0.15, 0.2) is 48.5 Å².